The number of anilines is 1. The fourth-order valence-corrected chi connectivity index (χ4v) is 0.886. The Balaban J connectivity index is 2.39. The topological polar surface area (TPSA) is 87.2 Å². The first-order valence-electron chi connectivity index (χ1n) is 4.35. The lowest BCUT2D eigenvalue weighted by Crippen LogP contribution is -2.15. The molecule has 0 saturated heterocycles. The van der Waals surface area contributed by atoms with Crippen LogP contribution in [0.25, 0.3) is 0 Å². The Morgan fingerprint density at radius 3 is 3.14 bits per heavy atom. The van der Waals surface area contributed by atoms with Gasteiger partial charge in [-0.25, -0.2) is 4.79 Å². The Morgan fingerprint density at radius 2 is 2.57 bits per heavy atom. The maximum Gasteiger partial charge on any atom is 0.412 e. The number of hydrogen-bond donors (Lipinski definition) is 3. The van der Waals surface area contributed by atoms with Gasteiger partial charge in [-0.15, -0.1) is 0 Å². The van der Waals surface area contributed by atoms with Crippen molar-refractivity contribution in [2.75, 3.05) is 18.5 Å². The van der Waals surface area contributed by atoms with Crippen LogP contribution in [0, 0.1) is 0 Å². The van der Waals surface area contributed by atoms with Gasteiger partial charge in [-0.1, -0.05) is 6.92 Å². The van der Waals surface area contributed by atoms with Crippen LogP contribution in [0.1, 0.15) is 12.6 Å². The second-order valence-corrected chi connectivity index (χ2v) is 2.62. The molecule has 0 spiro atoms. The summed E-state index contributed by atoms with van der Waals surface area (Å²) < 4.78 is 4.58. The Bertz CT molecular complexity index is 298. The van der Waals surface area contributed by atoms with E-state index < -0.39 is 6.09 Å². The number of carbonyl (C=O) groups is 1. The molecule has 0 atom stereocenters. The van der Waals surface area contributed by atoms with E-state index in [0.717, 1.165) is 12.1 Å². The number of aliphatic hydroxyl groups is 1. The van der Waals surface area contributed by atoms with Crippen LogP contribution in [0.3, 0.4) is 0 Å². The Hall–Kier alpha value is -1.56. The molecule has 0 bridgehead atoms. The van der Waals surface area contributed by atoms with E-state index in [2.05, 4.69) is 20.3 Å². The highest BCUT2D eigenvalue weighted by molar-refractivity contribution is 5.83. The summed E-state index contributed by atoms with van der Waals surface area (Å²) in [5.74, 6) is 0.421. The summed E-state index contributed by atoms with van der Waals surface area (Å²) in [4.78, 5) is 11.0. The molecule has 1 aromatic heterocycles. The number of ether oxygens (including phenoxy) is 1. The molecule has 6 heteroatoms. The minimum absolute atomic E-state index is 0.0170. The lowest BCUT2D eigenvalue weighted by atomic mass is 10.3. The van der Waals surface area contributed by atoms with Gasteiger partial charge in [0, 0.05) is 11.8 Å². The fourth-order valence-electron chi connectivity index (χ4n) is 0.886. The number of aromatic amines is 1. The number of aryl methyl sites for hydroxylation is 1. The van der Waals surface area contributed by atoms with Crippen molar-refractivity contribution in [3.8, 4) is 0 Å². The molecule has 0 aromatic carbocycles. The molecule has 0 unspecified atom stereocenters. The standard InChI is InChI=1S/C8H13N3O3/c1-2-6-5-7(11-10-6)9-8(13)14-4-3-12/h5,12H,2-4H2,1H3,(H2,9,10,11,13). The van der Waals surface area contributed by atoms with E-state index in [0.29, 0.717) is 5.82 Å². The van der Waals surface area contributed by atoms with Crippen LogP contribution in [0.15, 0.2) is 6.07 Å². The second-order valence-electron chi connectivity index (χ2n) is 2.62. The van der Waals surface area contributed by atoms with Gasteiger partial charge in [0.1, 0.15) is 6.61 Å². The molecule has 3 N–H and O–H groups in total. The summed E-state index contributed by atoms with van der Waals surface area (Å²) in [6.07, 6.45) is 0.202. The van der Waals surface area contributed by atoms with E-state index in [1.807, 2.05) is 6.92 Å². The van der Waals surface area contributed by atoms with Gasteiger partial charge in [-0.2, -0.15) is 5.10 Å². The van der Waals surface area contributed by atoms with Crippen molar-refractivity contribution in [1.82, 2.24) is 10.2 Å². The lowest BCUT2D eigenvalue weighted by molar-refractivity contribution is 0.131. The number of aromatic nitrogens is 2. The fraction of sp³-hybridized carbons (Fsp3) is 0.500. The van der Waals surface area contributed by atoms with Crippen LogP contribution in [0.5, 0.6) is 0 Å². The van der Waals surface area contributed by atoms with E-state index in [9.17, 15) is 4.79 Å². The van der Waals surface area contributed by atoms with Crippen LogP contribution < -0.4 is 5.32 Å². The van der Waals surface area contributed by atoms with E-state index in [1.54, 1.807) is 6.07 Å². The van der Waals surface area contributed by atoms with Gasteiger partial charge in [0.15, 0.2) is 5.82 Å². The molecule has 0 saturated carbocycles. The molecule has 1 amide bonds. The largest absolute Gasteiger partial charge is 0.447 e. The van der Waals surface area contributed by atoms with Crippen molar-refractivity contribution in [2.24, 2.45) is 0 Å². The van der Waals surface area contributed by atoms with Crippen LogP contribution in [-0.2, 0) is 11.2 Å². The van der Waals surface area contributed by atoms with Crippen molar-refractivity contribution >= 4 is 11.9 Å². The smallest absolute Gasteiger partial charge is 0.412 e. The van der Waals surface area contributed by atoms with E-state index in [4.69, 9.17) is 5.11 Å². The van der Waals surface area contributed by atoms with Gasteiger partial charge in [0.05, 0.1) is 6.61 Å². The summed E-state index contributed by atoms with van der Waals surface area (Å²) in [5.41, 5.74) is 0.933. The lowest BCUT2D eigenvalue weighted by Gasteiger charge is -2.01. The number of hydrogen-bond acceptors (Lipinski definition) is 4. The molecule has 0 radical (unpaired) electrons. The summed E-state index contributed by atoms with van der Waals surface area (Å²) in [6, 6.07) is 1.72. The second kappa shape index (κ2) is 5.23. The molecular formula is C8H13N3O3. The zero-order valence-electron chi connectivity index (χ0n) is 7.91. The average Bonchev–Trinajstić information content (AvgIpc) is 2.62. The van der Waals surface area contributed by atoms with Gasteiger partial charge in [0.25, 0.3) is 0 Å². The average molecular weight is 199 g/mol. The van der Waals surface area contributed by atoms with Crippen molar-refractivity contribution in [2.45, 2.75) is 13.3 Å². The highest BCUT2D eigenvalue weighted by Gasteiger charge is 2.05. The van der Waals surface area contributed by atoms with Crippen LogP contribution in [-0.4, -0.2) is 34.6 Å². The van der Waals surface area contributed by atoms with Crippen LogP contribution in [0.4, 0.5) is 10.6 Å². The maximum atomic E-state index is 11.0. The predicted octanol–water partition coefficient (Wildman–Crippen LogP) is 0.513. The number of rotatable bonds is 4. The summed E-state index contributed by atoms with van der Waals surface area (Å²) in [5, 5.41) is 17.4. The Kier molecular flexibility index (Phi) is 3.93. The molecule has 0 aliphatic carbocycles. The summed E-state index contributed by atoms with van der Waals surface area (Å²) in [6.45, 7) is 1.77. The maximum absolute atomic E-state index is 11.0. The molecule has 1 heterocycles. The third-order valence-electron chi connectivity index (χ3n) is 1.57. The van der Waals surface area contributed by atoms with E-state index in [-0.39, 0.29) is 13.2 Å². The molecule has 14 heavy (non-hydrogen) atoms. The van der Waals surface area contributed by atoms with Gasteiger partial charge < -0.3 is 9.84 Å². The molecule has 78 valence electrons. The van der Waals surface area contributed by atoms with Crippen molar-refractivity contribution in [3.05, 3.63) is 11.8 Å². The molecule has 0 aliphatic heterocycles. The SMILES string of the molecule is CCc1cc(NC(=O)OCCO)n[nH]1. The zero-order valence-corrected chi connectivity index (χ0v) is 7.91. The first-order valence-corrected chi connectivity index (χ1v) is 4.35. The van der Waals surface area contributed by atoms with Gasteiger partial charge >= 0.3 is 6.09 Å². The highest BCUT2D eigenvalue weighted by atomic mass is 16.6. The highest BCUT2D eigenvalue weighted by Crippen LogP contribution is 2.05. The molecule has 6 nitrogen and oxygen atoms in total. The molecule has 1 rings (SSSR count). The first kappa shape index (κ1) is 10.5. The number of aliphatic hydroxyl groups excluding tert-OH is 1. The van der Waals surface area contributed by atoms with Crippen LogP contribution >= 0.6 is 0 Å². The van der Waals surface area contributed by atoms with Crippen LogP contribution in [0.2, 0.25) is 0 Å². The molecule has 0 fully saturated rings. The third kappa shape index (κ3) is 3.06. The normalized spacial score (nSPS) is 9.86. The van der Waals surface area contributed by atoms with E-state index >= 15 is 0 Å². The Labute approximate surface area is 81.3 Å². The molecule has 1 aromatic rings. The van der Waals surface area contributed by atoms with Gasteiger partial charge in [-0.05, 0) is 6.42 Å². The third-order valence-corrected chi connectivity index (χ3v) is 1.57. The number of carbonyl (C=O) groups excluding carboxylic acids is 1. The molecular weight excluding hydrogens is 186 g/mol. The van der Waals surface area contributed by atoms with Crippen molar-refractivity contribution in [1.29, 1.82) is 0 Å². The number of H-pyrrole nitrogens is 1. The predicted molar refractivity (Wildman–Crippen MR) is 50.0 cm³/mol. The monoisotopic (exact) mass is 199 g/mol. The minimum atomic E-state index is -0.617. The summed E-state index contributed by atoms with van der Waals surface area (Å²) in [7, 11) is 0. The number of amides is 1. The van der Waals surface area contributed by atoms with E-state index in [1.165, 1.54) is 0 Å². The van der Waals surface area contributed by atoms with Gasteiger partial charge in [-0.3, -0.25) is 10.4 Å². The number of nitrogens with one attached hydrogen (secondary N) is 2. The summed E-state index contributed by atoms with van der Waals surface area (Å²) >= 11 is 0. The number of nitrogens with zero attached hydrogens (tertiary/aromatic N) is 1. The minimum Gasteiger partial charge on any atom is -0.447 e. The Morgan fingerprint density at radius 1 is 1.79 bits per heavy atom. The van der Waals surface area contributed by atoms with Crippen molar-refractivity contribution < 1.29 is 14.6 Å². The first-order chi connectivity index (χ1) is 6.76. The van der Waals surface area contributed by atoms with Crippen molar-refractivity contribution in [3.63, 3.8) is 0 Å². The van der Waals surface area contributed by atoms with Gasteiger partial charge in [0.2, 0.25) is 0 Å². The molecule has 0 aliphatic rings. The zero-order chi connectivity index (χ0) is 10.4. The quantitative estimate of drug-likeness (QED) is 0.659.